The molecule has 0 bridgehead atoms. The van der Waals surface area contributed by atoms with E-state index >= 15 is 0 Å². The summed E-state index contributed by atoms with van der Waals surface area (Å²) in [5.41, 5.74) is 2.81. The molecule has 0 atom stereocenters. The van der Waals surface area contributed by atoms with Gasteiger partial charge in [-0.1, -0.05) is 28.1 Å². The monoisotopic (exact) mass is 389 g/mol. The van der Waals surface area contributed by atoms with Gasteiger partial charge in [0.05, 0.1) is 7.11 Å². The summed E-state index contributed by atoms with van der Waals surface area (Å²) >= 11 is 3.40. The molecule has 24 heavy (non-hydrogen) atoms. The van der Waals surface area contributed by atoms with Crippen LogP contribution in [0.2, 0.25) is 0 Å². The van der Waals surface area contributed by atoms with Crippen molar-refractivity contribution in [2.24, 2.45) is 0 Å². The first kappa shape index (κ1) is 18.1. The third-order valence-electron chi connectivity index (χ3n) is 3.43. The van der Waals surface area contributed by atoms with Gasteiger partial charge in [-0.3, -0.25) is 4.79 Å². The topological polar surface area (TPSA) is 47.6 Å². The van der Waals surface area contributed by atoms with Gasteiger partial charge in [-0.25, -0.2) is 0 Å². The molecule has 0 aliphatic heterocycles. The van der Waals surface area contributed by atoms with E-state index in [1.807, 2.05) is 43.3 Å². The van der Waals surface area contributed by atoms with E-state index in [4.69, 9.17) is 9.47 Å². The maximum Gasteiger partial charge on any atom is 0.262 e. The Balaban J connectivity index is 1.99. The van der Waals surface area contributed by atoms with Crippen molar-refractivity contribution in [2.45, 2.75) is 13.3 Å². The molecule has 5 heteroatoms. The third-order valence-corrected chi connectivity index (χ3v) is 3.92. The standard InChI is InChI=1S/C19H20BrNO3/c1-4-5-14-6-9-17(18(11-14)23-3)24-12-19(22)21-16-8-7-15(20)10-13(16)2/h4,6-11H,1,5,12H2,2-3H3,(H,21,22). The average Bonchev–Trinajstić information content (AvgIpc) is 2.56. The number of nitrogens with one attached hydrogen (secondary N) is 1. The zero-order valence-electron chi connectivity index (χ0n) is 13.8. The molecule has 0 aliphatic carbocycles. The highest BCUT2D eigenvalue weighted by atomic mass is 79.9. The summed E-state index contributed by atoms with van der Waals surface area (Å²) in [6.45, 7) is 5.56. The first-order valence-corrected chi connectivity index (χ1v) is 8.29. The molecule has 0 unspecified atom stereocenters. The lowest BCUT2D eigenvalue weighted by Gasteiger charge is -2.13. The number of benzene rings is 2. The van der Waals surface area contributed by atoms with Gasteiger partial charge in [0.25, 0.3) is 5.91 Å². The van der Waals surface area contributed by atoms with Crippen molar-refractivity contribution < 1.29 is 14.3 Å². The molecule has 0 heterocycles. The minimum absolute atomic E-state index is 0.0906. The number of hydrogen-bond acceptors (Lipinski definition) is 3. The molecule has 0 fully saturated rings. The lowest BCUT2D eigenvalue weighted by Crippen LogP contribution is -2.20. The van der Waals surface area contributed by atoms with Gasteiger partial charge in [0, 0.05) is 10.2 Å². The summed E-state index contributed by atoms with van der Waals surface area (Å²) in [5, 5.41) is 2.84. The van der Waals surface area contributed by atoms with Crippen molar-refractivity contribution in [1.29, 1.82) is 0 Å². The highest BCUT2D eigenvalue weighted by Gasteiger charge is 2.10. The summed E-state index contributed by atoms with van der Waals surface area (Å²) in [6.07, 6.45) is 2.57. The Bertz CT molecular complexity index is 743. The Kier molecular flexibility index (Phi) is 6.44. The summed E-state index contributed by atoms with van der Waals surface area (Å²) in [6, 6.07) is 11.3. The Morgan fingerprint density at radius 1 is 1.25 bits per heavy atom. The molecule has 0 spiro atoms. The SMILES string of the molecule is C=CCc1ccc(OCC(=O)Nc2ccc(Br)cc2C)c(OC)c1. The number of methoxy groups -OCH3 is 1. The van der Waals surface area contributed by atoms with E-state index in [0.717, 1.165) is 27.7 Å². The fourth-order valence-corrected chi connectivity index (χ4v) is 2.70. The predicted molar refractivity (Wildman–Crippen MR) is 99.9 cm³/mol. The van der Waals surface area contributed by atoms with Gasteiger partial charge < -0.3 is 14.8 Å². The molecule has 0 radical (unpaired) electrons. The molecule has 1 amide bonds. The maximum atomic E-state index is 12.1. The van der Waals surface area contributed by atoms with Crippen molar-refractivity contribution in [3.05, 3.63) is 64.7 Å². The van der Waals surface area contributed by atoms with E-state index < -0.39 is 0 Å². The molecule has 2 rings (SSSR count). The van der Waals surface area contributed by atoms with Crippen molar-refractivity contribution in [3.8, 4) is 11.5 Å². The van der Waals surface area contributed by atoms with E-state index in [9.17, 15) is 4.79 Å². The van der Waals surface area contributed by atoms with Crippen LogP contribution >= 0.6 is 15.9 Å². The van der Waals surface area contributed by atoms with Crippen LogP contribution in [0.5, 0.6) is 11.5 Å². The second kappa shape index (κ2) is 8.55. The van der Waals surface area contributed by atoms with Crippen LogP contribution in [0.4, 0.5) is 5.69 Å². The number of rotatable bonds is 7. The van der Waals surface area contributed by atoms with E-state index in [-0.39, 0.29) is 12.5 Å². The number of carbonyl (C=O) groups is 1. The second-order valence-corrected chi connectivity index (χ2v) is 6.19. The zero-order chi connectivity index (χ0) is 17.5. The number of aryl methyl sites for hydroxylation is 1. The number of ether oxygens (including phenoxy) is 2. The molecule has 2 aromatic rings. The van der Waals surface area contributed by atoms with E-state index in [2.05, 4.69) is 27.8 Å². The first-order valence-electron chi connectivity index (χ1n) is 7.50. The molecule has 2 aromatic carbocycles. The molecular formula is C19H20BrNO3. The zero-order valence-corrected chi connectivity index (χ0v) is 15.4. The molecule has 0 aliphatic rings. The minimum Gasteiger partial charge on any atom is -0.493 e. The third kappa shape index (κ3) is 4.86. The van der Waals surface area contributed by atoms with Crippen LogP contribution in [-0.4, -0.2) is 19.6 Å². The quantitative estimate of drug-likeness (QED) is 0.708. The lowest BCUT2D eigenvalue weighted by molar-refractivity contribution is -0.118. The molecule has 0 aromatic heterocycles. The van der Waals surface area contributed by atoms with Crippen molar-refractivity contribution >= 4 is 27.5 Å². The van der Waals surface area contributed by atoms with Crippen LogP contribution in [-0.2, 0) is 11.2 Å². The van der Waals surface area contributed by atoms with E-state index in [0.29, 0.717) is 11.5 Å². The molecule has 4 nitrogen and oxygen atoms in total. The van der Waals surface area contributed by atoms with Crippen molar-refractivity contribution in [2.75, 3.05) is 19.0 Å². The minimum atomic E-state index is -0.224. The van der Waals surface area contributed by atoms with Crippen LogP contribution in [0.25, 0.3) is 0 Å². The smallest absolute Gasteiger partial charge is 0.262 e. The summed E-state index contributed by atoms with van der Waals surface area (Å²) in [5.74, 6) is 0.910. The number of anilines is 1. The first-order chi connectivity index (χ1) is 11.5. The number of carbonyl (C=O) groups excluding carboxylic acids is 1. The van der Waals surface area contributed by atoms with Gasteiger partial charge in [-0.15, -0.1) is 6.58 Å². The number of halogens is 1. The number of amides is 1. The molecule has 126 valence electrons. The van der Waals surface area contributed by atoms with Crippen molar-refractivity contribution in [1.82, 2.24) is 0 Å². The van der Waals surface area contributed by atoms with Crippen LogP contribution in [0.3, 0.4) is 0 Å². The fourth-order valence-electron chi connectivity index (χ4n) is 2.22. The van der Waals surface area contributed by atoms with Crippen LogP contribution in [0.1, 0.15) is 11.1 Å². The normalized spacial score (nSPS) is 10.1. The Morgan fingerprint density at radius 2 is 2.04 bits per heavy atom. The highest BCUT2D eigenvalue weighted by Crippen LogP contribution is 2.28. The van der Waals surface area contributed by atoms with Crippen LogP contribution in [0, 0.1) is 6.92 Å². The Labute approximate surface area is 150 Å². The number of hydrogen-bond donors (Lipinski definition) is 1. The maximum absolute atomic E-state index is 12.1. The fraction of sp³-hybridized carbons (Fsp3) is 0.211. The highest BCUT2D eigenvalue weighted by molar-refractivity contribution is 9.10. The predicted octanol–water partition coefficient (Wildman–Crippen LogP) is 4.51. The molecular weight excluding hydrogens is 370 g/mol. The van der Waals surface area contributed by atoms with Gasteiger partial charge >= 0.3 is 0 Å². The number of allylic oxidation sites excluding steroid dienone is 1. The van der Waals surface area contributed by atoms with Gasteiger partial charge in [-0.05, 0) is 54.8 Å². The summed E-state index contributed by atoms with van der Waals surface area (Å²) in [4.78, 5) is 12.1. The van der Waals surface area contributed by atoms with Crippen LogP contribution < -0.4 is 14.8 Å². The second-order valence-electron chi connectivity index (χ2n) is 5.27. The molecule has 1 N–H and O–H groups in total. The average molecular weight is 390 g/mol. The van der Waals surface area contributed by atoms with Crippen molar-refractivity contribution in [3.63, 3.8) is 0 Å². The van der Waals surface area contributed by atoms with Gasteiger partial charge in [0.2, 0.25) is 0 Å². The Morgan fingerprint density at radius 3 is 2.71 bits per heavy atom. The van der Waals surface area contributed by atoms with Gasteiger partial charge in [0.1, 0.15) is 0 Å². The van der Waals surface area contributed by atoms with E-state index in [1.165, 1.54) is 0 Å². The summed E-state index contributed by atoms with van der Waals surface area (Å²) < 4.78 is 11.9. The summed E-state index contributed by atoms with van der Waals surface area (Å²) in [7, 11) is 1.57. The molecule has 0 saturated carbocycles. The largest absolute Gasteiger partial charge is 0.493 e. The van der Waals surface area contributed by atoms with Gasteiger partial charge in [-0.2, -0.15) is 0 Å². The van der Waals surface area contributed by atoms with E-state index in [1.54, 1.807) is 13.2 Å². The van der Waals surface area contributed by atoms with Crippen LogP contribution in [0.15, 0.2) is 53.5 Å². The lowest BCUT2D eigenvalue weighted by atomic mass is 10.1. The molecule has 0 saturated heterocycles. The van der Waals surface area contributed by atoms with Gasteiger partial charge in [0.15, 0.2) is 18.1 Å². The Hall–Kier alpha value is -2.27.